The van der Waals surface area contributed by atoms with Crippen molar-refractivity contribution in [2.75, 3.05) is 26.0 Å². The summed E-state index contributed by atoms with van der Waals surface area (Å²) < 4.78 is 31.7. The van der Waals surface area contributed by atoms with Crippen molar-refractivity contribution in [3.05, 3.63) is 83.9 Å². The molecule has 6 nitrogen and oxygen atoms in total. The number of rotatable bonds is 10. The van der Waals surface area contributed by atoms with Crippen molar-refractivity contribution >= 4 is 26.9 Å². The molecule has 0 unspecified atom stereocenters. The number of ether oxygens (including phenoxy) is 1. The summed E-state index contributed by atoms with van der Waals surface area (Å²) >= 11 is 0. The smallest absolute Gasteiger partial charge is 0.320 e. The van der Waals surface area contributed by atoms with E-state index in [4.69, 9.17) is 4.74 Å². The maximum absolute atomic E-state index is 12.3. The molecule has 0 amide bonds. The number of hydrogen-bond acceptors (Lipinski definition) is 6. The molecule has 0 saturated carbocycles. The number of carbonyl (C=O) groups excluding carboxylic acids is 1. The topological polar surface area (TPSA) is 72.9 Å². The van der Waals surface area contributed by atoms with E-state index < -0.39 is 16.1 Å². The summed E-state index contributed by atoms with van der Waals surface area (Å²) in [5.41, 5.74) is 2.18. The number of fused-ring (bicyclic) bond motifs is 1. The summed E-state index contributed by atoms with van der Waals surface area (Å²) in [6, 6.07) is 24.3. The van der Waals surface area contributed by atoms with Crippen LogP contribution >= 0.6 is 0 Å². The van der Waals surface area contributed by atoms with Gasteiger partial charge in [0.25, 0.3) is 10.1 Å². The van der Waals surface area contributed by atoms with Gasteiger partial charge in [0.15, 0.2) is 0 Å². The molecule has 158 valence electrons. The zero-order valence-electron chi connectivity index (χ0n) is 16.9. The second kappa shape index (κ2) is 10.3. The number of nitrogens with zero attached hydrogens (tertiary/aromatic N) is 1. The maximum Gasteiger partial charge on any atom is 0.320 e. The highest BCUT2D eigenvalue weighted by Crippen LogP contribution is 2.18. The first-order valence-corrected chi connectivity index (χ1v) is 11.4. The highest BCUT2D eigenvalue weighted by Gasteiger charge is 2.14. The normalized spacial score (nSPS) is 11.7. The van der Waals surface area contributed by atoms with E-state index in [0.29, 0.717) is 13.1 Å². The Hall–Kier alpha value is -2.74. The van der Waals surface area contributed by atoms with E-state index in [1.54, 1.807) is 0 Å². The molecule has 0 aliphatic heterocycles. The Morgan fingerprint density at radius 1 is 0.833 bits per heavy atom. The first-order chi connectivity index (χ1) is 14.4. The molecular formula is C23H25NO5S. The Morgan fingerprint density at radius 3 is 2.23 bits per heavy atom. The Bertz CT molecular complexity index is 1080. The lowest BCUT2D eigenvalue weighted by Crippen LogP contribution is -2.31. The van der Waals surface area contributed by atoms with E-state index in [0.717, 1.165) is 22.8 Å². The molecule has 0 bridgehead atoms. The van der Waals surface area contributed by atoms with Crippen molar-refractivity contribution in [3.63, 3.8) is 0 Å². The first kappa shape index (κ1) is 22.0. The lowest BCUT2D eigenvalue weighted by Gasteiger charge is -2.22. The fraction of sp³-hybridized carbons (Fsp3) is 0.261. The fourth-order valence-electron chi connectivity index (χ4n) is 3.17. The molecule has 3 aromatic carbocycles. The predicted octanol–water partition coefficient (Wildman–Crippen LogP) is 3.36. The van der Waals surface area contributed by atoms with Gasteiger partial charge in [-0.1, -0.05) is 66.7 Å². The van der Waals surface area contributed by atoms with Crippen molar-refractivity contribution in [3.8, 4) is 0 Å². The summed E-state index contributed by atoms with van der Waals surface area (Å²) in [5.74, 6) is -0.427. The van der Waals surface area contributed by atoms with Gasteiger partial charge in [-0.3, -0.25) is 13.9 Å². The third-order valence-electron chi connectivity index (χ3n) is 4.47. The second-order valence-electron chi connectivity index (χ2n) is 7.06. The van der Waals surface area contributed by atoms with Crippen molar-refractivity contribution in [2.45, 2.75) is 13.1 Å². The van der Waals surface area contributed by atoms with E-state index in [9.17, 15) is 13.2 Å². The maximum atomic E-state index is 12.3. The van der Waals surface area contributed by atoms with Gasteiger partial charge < -0.3 is 4.74 Å². The average molecular weight is 428 g/mol. The predicted molar refractivity (Wildman–Crippen MR) is 116 cm³/mol. The van der Waals surface area contributed by atoms with Gasteiger partial charge in [-0.05, 0) is 28.0 Å². The molecule has 0 aromatic heterocycles. The molecule has 0 N–H and O–H groups in total. The van der Waals surface area contributed by atoms with Crippen LogP contribution in [0.4, 0.5) is 0 Å². The third kappa shape index (κ3) is 7.26. The van der Waals surface area contributed by atoms with Crippen LogP contribution in [0.3, 0.4) is 0 Å². The average Bonchev–Trinajstić information content (AvgIpc) is 2.71. The summed E-state index contributed by atoms with van der Waals surface area (Å²) in [6.07, 6.45) is 0.958. The van der Waals surface area contributed by atoms with E-state index in [1.807, 2.05) is 47.4 Å². The van der Waals surface area contributed by atoms with Crippen LogP contribution in [-0.2, 0) is 36.9 Å². The standard InChI is InChI=1S/C23H25NO5S/c1-30(26,27)29-14-13-28-23(25)18-24(16-19-7-3-2-4-8-19)17-20-11-12-21-9-5-6-10-22(21)15-20/h2-12,15H,13-14,16-18H2,1H3. The van der Waals surface area contributed by atoms with Crippen LogP contribution in [0, 0.1) is 0 Å². The second-order valence-corrected chi connectivity index (χ2v) is 8.70. The molecule has 3 aromatic rings. The molecule has 0 atom stereocenters. The van der Waals surface area contributed by atoms with Gasteiger partial charge in [0.05, 0.1) is 12.8 Å². The molecule has 7 heteroatoms. The van der Waals surface area contributed by atoms with Crippen LogP contribution in [0.2, 0.25) is 0 Å². The molecule has 30 heavy (non-hydrogen) atoms. The Kier molecular flexibility index (Phi) is 7.57. The van der Waals surface area contributed by atoms with Crippen LogP contribution in [-0.4, -0.2) is 45.3 Å². The molecule has 0 spiro atoms. The lowest BCUT2D eigenvalue weighted by atomic mass is 10.1. The largest absolute Gasteiger partial charge is 0.462 e. The third-order valence-corrected chi connectivity index (χ3v) is 5.06. The molecule has 0 fully saturated rings. The zero-order valence-corrected chi connectivity index (χ0v) is 17.7. The van der Waals surface area contributed by atoms with Crippen molar-refractivity contribution in [1.82, 2.24) is 4.90 Å². The Labute approximate surface area is 177 Å². The van der Waals surface area contributed by atoms with Crippen molar-refractivity contribution in [1.29, 1.82) is 0 Å². The molecule has 0 saturated heterocycles. The molecule has 0 aliphatic rings. The Balaban J connectivity index is 1.65. The quantitative estimate of drug-likeness (QED) is 0.281. The number of esters is 1. The van der Waals surface area contributed by atoms with Crippen molar-refractivity contribution in [2.24, 2.45) is 0 Å². The van der Waals surface area contributed by atoms with Crippen molar-refractivity contribution < 1.29 is 22.1 Å². The summed E-state index contributed by atoms with van der Waals surface area (Å²) in [5, 5.41) is 2.32. The van der Waals surface area contributed by atoms with Gasteiger partial charge >= 0.3 is 5.97 Å². The van der Waals surface area contributed by atoms with Crippen LogP contribution in [0.25, 0.3) is 10.8 Å². The molecule has 0 heterocycles. The van der Waals surface area contributed by atoms with Gasteiger partial charge in [-0.25, -0.2) is 0 Å². The minimum Gasteiger partial charge on any atom is -0.462 e. The zero-order chi connectivity index (χ0) is 21.4. The van der Waals surface area contributed by atoms with E-state index in [-0.39, 0.29) is 19.8 Å². The van der Waals surface area contributed by atoms with Gasteiger partial charge in [-0.15, -0.1) is 0 Å². The van der Waals surface area contributed by atoms with E-state index >= 15 is 0 Å². The SMILES string of the molecule is CS(=O)(=O)OCCOC(=O)CN(Cc1ccccc1)Cc1ccc2ccccc2c1. The van der Waals surface area contributed by atoms with Gasteiger partial charge in [-0.2, -0.15) is 8.42 Å². The number of carbonyl (C=O) groups is 1. The summed E-state index contributed by atoms with van der Waals surface area (Å²) in [7, 11) is -3.55. The molecule has 0 radical (unpaired) electrons. The Morgan fingerprint density at radius 2 is 1.50 bits per heavy atom. The minimum atomic E-state index is -3.55. The monoisotopic (exact) mass is 427 g/mol. The lowest BCUT2D eigenvalue weighted by molar-refractivity contribution is -0.146. The van der Waals surface area contributed by atoms with Crippen LogP contribution < -0.4 is 0 Å². The fourth-order valence-corrected chi connectivity index (χ4v) is 3.54. The number of hydrogen-bond donors (Lipinski definition) is 0. The molecule has 3 rings (SSSR count). The molecular weight excluding hydrogens is 402 g/mol. The number of benzene rings is 3. The van der Waals surface area contributed by atoms with Gasteiger partial charge in [0, 0.05) is 13.1 Å². The van der Waals surface area contributed by atoms with Gasteiger partial charge in [0.1, 0.15) is 13.2 Å². The highest BCUT2D eigenvalue weighted by atomic mass is 32.2. The van der Waals surface area contributed by atoms with Crippen LogP contribution in [0.15, 0.2) is 72.8 Å². The molecule has 0 aliphatic carbocycles. The highest BCUT2D eigenvalue weighted by molar-refractivity contribution is 7.85. The van der Waals surface area contributed by atoms with Crippen LogP contribution in [0.1, 0.15) is 11.1 Å². The summed E-state index contributed by atoms with van der Waals surface area (Å²) in [4.78, 5) is 14.3. The van der Waals surface area contributed by atoms with E-state index in [1.165, 1.54) is 5.39 Å². The minimum absolute atomic E-state index is 0.0839. The first-order valence-electron chi connectivity index (χ1n) is 9.63. The van der Waals surface area contributed by atoms with Gasteiger partial charge in [0.2, 0.25) is 0 Å². The summed E-state index contributed by atoms with van der Waals surface area (Å²) in [6.45, 7) is 0.951. The van der Waals surface area contributed by atoms with Crippen LogP contribution in [0.5, 0.6) is 0 Å². The van der Waals surface area contributed by atoms with E-state index in [2.05, 4.69) is 34.5 Å².